The first-order valence-electron chi connectivity index (χ1n) is 9.35. The number of thioether (sulfide) groups is 1. The molecule has 29 heavy (non-hydrogen) atoms. The molecule has 2 atom stereocenters. The predicted molar refractivity (Wildman–Crippen MR) is 110 cm³/mol. The maximum absolute atomic E-state index is 13.0. The van der Waals surface area contributed by atoms with Crippen LogP contribution in [0.3, 0.4) is 0 Å². The topological polar surface area (TPSA) is 91.8 Å². The van der Waals surface area contributed by atoms with Crippen LogP contribution < -0.4 is 0 Å². The van der Waals surface area contributed by atoms with Crippen LogP contribution >= 0.6 is 11.8 Å². The standard InChI is InChI=1S/C22H21NO5S/c24-19(23-13-7-12-17(23)21(26)27)14-18(20(25)15-8-3-1-4-9-15)29-22(28)16-10-5-2-6-11-16/h1-6,8-11,17-18H,7,12-14H2,(H,26,27)/t17-,18?/m0/s1. The molecule has 0 spiro atoms. The van der Waals surface area contributed by atoms with Gasteiger partial charge in [0.2, 0.25) is 11.0 Å². The van der Waals surface area contributed by atoms with E-state index in [9.17, 15) is 24.3 Å². The van der Waals surface area contributed by atoms with E-state index in [4.69, 9.17) is 0 Å². The van der Waals surface area contributed by atoms with Crippen LogP contribution in [0.15, 0.2) is 60.7 Å². The number of nitrogens with zero attached hydrogens (tertiary/aromatic N) is 1. The van der Waals surface area contributed by atoms with Gasteiger partial charge in [-0.3, -0.25) is 14.4 Å². The summed E-state index contributed by atoms with van der Waals surface area (Å²) in [6.45, 7) is 0.347. The van der Waals surface area contributed by atoms with Crippen LogP contribution in [-0.2, 0) is 9.59 Å². The Morgan fingerprint density at radius 1 is 0.966 bits per heavy atom. The van der Waals surface area contributed by atoms with Crippen LogP contribution in [-0.4, -0.2) is 50.6 Å². The Morgan fingerprint density at radius 3 is 2.14 bits per heavy atom. The van der Waals surface area contributed by atoms with E-state index in [0.29, 0.717) is 30.5 Å². The van der Waals surface area contributed by atoms with Crippen LogP contribution in [0.1, 0.15) is 40.0 Å². The van der Waals surface area contributed by atoms with Gasteiger partial charge < -0.3 is 10.0 Å². The molecule has 1 saturated heterocycles. The van der Waals surface area contributed by atoms with E-state index in [1.807, 2.05) is 0 Å². The second-order valence-corrected chi connectivity index (χ2v) is 7.95. The fourth-order valence-corrected chi connectivity index (χ4v) is 4.35. The lowest BCUT2D eigenvalue weighted by Crippen LogP contribution is -2.42. The Labute approximate surface area is 172 Å². The summed E-state index contributed by atoms with van der Waals surface area (Å²) >= 11 is 0.814. The van der Waals surface area contributed by atoms with E-state index in [1.165, 1.54) is 4.90 Å². The highest BCUT2D eigenvalue weighted by atomic mass is 32.2. The molecule has 0 aliphatic carbocycles. The molecule has 2 aromatic carbocycles. The molecule has 7 heteroatoms. The van der Waals surface area contributed by atoms with Crippen LogP contribution in [0.5, 0.6) is 0 Å². The molecule has 0 bridgehead atoms. The summed E-state index contributed by atoms with van der Waals surface area (Å²) in [6, 6.07) is 16.2. The van der Waals surface area contributed by atoms with Crippen molar-refractivity contribution in [1.29, 1.82) is 0 Å². The molecule has 0 saturated carbocycles. The van der Waals surface area contributed by atoms with Gasteiger partial charge >= 0.3 is 5.97 Å². The van der Waals surface area contributed by atoms with Crippen LogP contribution in [0.25, 0.3) is 0 Å². The van der Waals surface area contributed by atoms with Crippen molar-refractivity contribution in [3.8, 4) is 0 Å². The zero-order valence-electron chi connectivity index (χ0n) is 15.7. The normalized spacial score (nSPS) is 17.0. The molecule has 0 radical (unpaired) electrons. The number of benzene rings is 2. The van der Waals surface area contributed by atoms with Gasteiger partial charge in [-0.05, 0) is 12.8 Å². The van der Waals surface area contributed by atoms with Crippen molar-refractivity contribution < 1.29 is 24.3 Å². The van der Waals surface area contributed by atoms with E-state index in [-0.39, 0.29) is 17.3 Å². The van der Waals surface area contributed by atoms with Crippen molar-refractivity contribution in [2.24, 2.45) is 0 Å². The summed E-state index contributed by atoms with van der Waals surface area (Å²) in [5.41, 5.74) is 0.857. The van der Waals surface area contributed by atoms with Crippen molar-refractivity contribution in [1.82, 2.24) is 4.90 Å². The van der Waals surface area contributed by atoms with E-state index >= 15 is 0 Å². The number of hydrogen-bond acceptors (Lipinski definition) is 5. The number of carbonyl (C=O) groups excluding carboxylic acids is 3. The smallest absolute Gasteiger partial charge is 0.326 e. The molecule has 150 valence electrons. The van der Waals surface area contributed by atoms with Gasteiger partial charge in [-0.1, -0.05) is 72.4 Å². The quantitative estimate of drug-likeness (QED) is 0.703. The summed E-state index contributed by atoms with van der Waals surface area (Å²) in [4.78, 5) is 51.2. The van der Waals surface area contributed by atoms with Crippen molar-refractivity contribution in [3.05, 3.63) is 71.8 Å². The minimum absolute atomic E-state index is 0.221. The van der Waals surface area contributed by atoms with E-state index < -0.39 is 23.2 Å². The molecule has 0 aromatic heterocycles. The lowest BCUT2D eigenvalue weighted by atomic mass is 10.1. The highest BCUT2D eigenvalue weighted by molar-refractivity contribution is 8.15. The van der Waals surface area contributed by atoms with Crippen LogP contribution in [0.2, 0.25) is 0 Å². The number of Topliss-reactive ketones (excluding diaryl/α,β-unsaturated/α-hetero) is 1. The maximum Gasteiger partial charge on any atom is 0.326 e. The zero-order valence-corrected chi connectivity index (χ0v) is 16.5. The van der Waals surface area contributed by atoms with E-state index in [1.54, 1.807) is 60.7 Å². The highest BCUT2D eigenvalue weighted by Crippen LogP contribution is 2.27. The van der Waals surface area contributed by atoms with Crippen molar-refractivity contribution >= 4 is 34.5 Å². The van der Waals surface area contributed by atoms with E-state index in [0.717, 1.165) is 11.8 Å². The minimum atomic E-state index is -1.05. The second kappa shape index (κ2) is 9.52. The van der Waals surface area contributed by atoms with Crippen molar-refractivity contribution in [2.45, 2.75) is 30.6 Å². The van der Waals surface area contributed by atoms with Gasteiger partial charge in [0.15, 0.2) is 5.78 Å². The Bertz CT molecular complexity index is 900. The second-order valence-electron chi connectivity index (χ2n) is 6.78. The minimum Gasteiger partial charge on any atom is -0.480 e. The first kappa shape index (κ1) is 20.8. The molecular weight excluding hydrogens is 390 g/mol. The molecular formula is C22H21NO5S. The number of carboxylic acids is 1. The SMILES string of the molecule is O=C(SC(CC(=O)N1CCC[C@H]1C(=O)O)C(=O)c1ccccc1)c1ccccc1. The molecule has 6 nitrogen and oxygen atoms in total. The third-order valence-corrected chi connectivity index (χ3v) is 5.94. The van der Waals surface area contributed by atoms with Gasteiger partial charge in [-0.25, -0.2) is 4.79 Å². The van der Waals surface area contributed by atoms with Gasteiger partial charge in [0.25, 0.3) is 0 Å². The molecule has 3 rings (SSSR count). The summed E-state index contributed by atoms with van der Waals surface area (Å²) < 4.78 is 0. The third-order valence-electron chi connectivity index (χ3n) is 4.83. The Kier molecular flexibility index (Phi) is 6.82. The van der Waals surface area contributed by atoms with Crippen molar-refractivity contribution in [2.75, 3.05) is 6.54 Å². The largest absolute Gasteiger partial charge is 0.480 e. The first-order valence-corrected chi connectivity index (χ1v) is 10.2. The average Bonchev–Trinajstić information content (AvgIpc) is 3.24. The van der Waals surface area contributed by atoms with Gasteiger partial charge in [0.1, 0.15) is 6.04 Å². The fraction of sp³-hybridized carbons (Fsp3) is 0.273. The molecule has 1 N–H and O–H groups in total. The van der Waals surface area contributed by atoms with Gasteiger partial charge in [-0.2, -0.15) is 0 Å². The summed E-state index contributed by atoms with van der Waals surface area (Å²) in [5.74, 6) is -1.79. The number of aliphatic carboxylic acids is 1. The summed E-state index contributed by atoms with van der Waals surface area (Å²) in [5, 5.41) is 8.10. The molecule has 1 fully saturated rings. The Morgan fingerprint density at radius 2 is 1.55 bits per heavy atom. The van der Waals surface area contributed by atoms with Gasteiger partial charge in [0, 0.05) is 24.1 Å². The number of ketones is 1. The molecule has 1 amide bonds. The molecule has 1 heterocycles. The number of amides is 1. The molecule has 1 unspecified atom stereocenters. The molecule has 1 aliphatic rings. The summed E-state index contributed by atoms with van der Waals surface area (Å²) in [6.07, 6.45) is 0.783. The molecule has 1 aliphatic heterocycles. The number of hydrogen-bond donors (Lipinski definition) is 1. The maximum atomic E-state index is 13.0. The number of likely N-dealkylation sites (tertiary alicyclic amines) is 1. The lowest BCUT2D eigenvalue weighted by molar-refractivity contribution is -0.148. The van der Waals surface area contributed by atoms with E-state index in [2.05, 4.69) is 0 Å². The monoisotopic (exact) mass is 411 g/mol. The number of carbonyl (C=O) groups is 4. The van der Waals surface area contributed by atoms with Gasteiger partial charge in [0.05, 0.1) is 5.25 Å². The summed E-state index contributed by atoms with van der Waals surface area (Å²) in [7, 11) is 0. The van der Waals surface area contributed by atoms with Crippen LogP contribution in [0.4, 0.5) is 0 Å². The molecule has 2 aromatic rings. The van der Waals surface area contributed by atoms with Gasteiger partial charge in [-0.15, -0.1) is 0 Å². The lowest BCUT2D eigenvalue weighted by Gasteiger charge is -2.23. The Balaban J connectivity index is 1.80. The number of rotatable bonds is 7. The number of carboxylic acid groups (broad SMARTS) is 1. The average molecular weight is 411 g/mol. The predicted octanol–water partition coefficient (Wildman–Crippen LogP) is 3.28. The zero-order chi connectivity index (χ0) is 20.8. The first-order chi connectivity index (χ1) is 14.0. The van der Waals surface area contributed by atoms with Crippen LogP contribution in [0, 0.1) is 0 Å². The third kappa shape index (κ3) is 5.12. The highest BCUT2D eigenvalue weighted by Gasteiger charge is 2.36. The van der Waals surface area contributed by atoms with Crippen molar-refractivity contribution in [3.63, 3.8) is 0 Å². The Hall–Kier alpha value is -2.93. The fourth-order valence-electron chi connectivity index (χ4n) is 3.35.